The van der Waals surface area contributed by atoms with E-state index in [0.29, 0.717) is 11.3 Å². The number of hydrogen-bond donors (Lipinski definition) is 1. The summed E-state index contributed by atoms with van der Waals surface area (Å²) < 4.78 is 0. The molecule has 2 amide bonds. The van der Waals surface area contributed by atoms with Gasteiger partial charge in [-0.15, -0.1) is 0 Å². The van der Waals surface area contributed by atoms with Crippen LogP contribution in [0, 0.1) is 23.7 Å². The molecule has 1 aromatic carbocycles. The number of rotatable bonds is 3. The average Bonchev–Trinajstić information content (AvgIpc) is 3.14. The van der Waals surface area contributed by atoms with Crippen molar-refractivity contribution in [1.82, 2.24) is 0 Å². The maximum Gasteiger partial charge on any atom is 0.307 e. The van der Waals surface area contributed by atoms with Gasteiger partial charge in [0.1, 0.15) is 0 Å². The Labute approximate surface area is 127 Å². The van der Waals surface area contributed by atoms with Gasteiger partial charge in [0.15, 0.2) is 0 Å². The van der Waals surface area contributed by atoms with Gasteiger partial charge in [-0.2, -0.15) is 0 Å². The first-order valence-corrected chi connectivity index (χ1v) is 7.43. The maximum atomic E-state index is 12.6. The van der Waals surface area contributed by atoms with Gasteiger partial charge in [-0.05, 0) is 36.0 Å². The number of carboxylic acids is 1. The topological polar surface area (TPSA) is 74.7 Å². The van der Waals surface area contributed by atoms with E-state index >= 15 is 0 Å². The van der Waals surface area contributed by atoms with Gasteiger partial charge in [0.25, 0.3) is 0 Å². The first kappa shape index (κ1) is 13.2. The van der Waals surface area contributed by atoms with Crippen molar-refractivity contribution in [3.8, 4) is 0 Å². The van der Waals surface area contributed by atoms with Crippen molar-refractivity contribution >= 4 is 23.5 Å². The van der Waals surface area contributed by atoms with Crippen LogP contribution in [0.3, 0.4) is 0 Å². The fourth-order valence-electron chi connectivity index (χ4n) is 4.09. The highest BCUT2D eigenvalue weighted by Gasteiger charge is 2.59. The molecule has 0 spiro atoms. The number of allylic oxidation sites excluding steroid dienone is 2. The smallest absolute Gasteiger partial charge is 0.307 e. The van der Waals surface area contributed by atoms with Gasteiger partial charge in [-0.1, -0.05) is 24.3 Å². The molecule has 2 aliphatic carbocycles. The number of aliphatic carboxylic acids is 1. The summed E-state index contributed by atoms with van der Waals surface area (Å²) in [5.41, 5.74) is 1.19. The van der Waals surface area contributed by atoms with Crippen molar-refractivity contribution in [2.24, 2.45) is 23.7 Å². The second-order valence-corrected chi connectivity index (χ2v) is 6.25. The van der Waals surface area contributed by atoms with E-state index in [1.165, 1.54) is 4.90 Å². The molecule has 2 bridgehead atoms. The lowest BCUT2D eigenvalue weighted by molar-refractivity contribution is -0.136. The van der Waals surface area contributed by atoms with E-state index in [4.69, 9.17) is 5.11 Å². The van der Waals surface area contributed by atoms with Crippen LogP contribution in [-0.2, 0) is 20.8 Å². The molecule has 0 aromatic heterocycles. The quantitative estimate of drug-likeness (QED) is 0.679. The second kappa shape index (κ2) is 4.53. The molecule has 1 N–H and O–H groups in total. The van der Waals surface area contributed by atoms with E-state index in [1.54, 1.807) is 24.3 Å². The van der Waals surface area contributed by atoms with Crippen LogP contribution in [0.25, 0.3) is 0 Å². The molecular formula is C17H15NO4. The Bertz CT molecular complexity index is 676. The molecule has 5 nitrogen and oxygen atoms in total. The highest BCUT2D eigenvalue weighted by atomic mass is 16.4. The van der Waals surface area contributed by atoms with Crippen molar-refractivity contribution in [2.75, 3.05) is 4.90 Å². The average molecular weight is 297 g/mol. The molecule has 2 fully saturated rings. The predicted octanol–water partition coefficient (Wildman–Crippen LogP) is 1.63. The standard InChI is InChI=1S/C17H15NO4/c19-13(20)7-9-1-5-12(6-2-9)18-16(21)14-10-3-4-11(8-10)15(14)17(18)22/h1-6,10-11,14-15H,7-8H2,(H,19,20). The number of carbonyl (C=O) groups excluding carboxylic acids is 2. The molecule has 1 aromatic rings. The molecule has 4 rings (SSSR count). The Hall–Kier alpha value is -2.43. The third kappa shape index (κ3) is 1.75. The number of amides is 2. The minimum atomic E-state index is -0.904. The number of carbonyl (C=O) groups is 3. The fourth-order valence-corrected chi connectivity index (χ4v) is 4.09. The lowest BCUT2D eigenvalue weighted by Gasteiger charge is -2.17. The molecule has 112 valence electrons. The largest absolute Gasteiger partial charge is 0.481 e. The number of hydrogen-bond acceptors (Lipinski definition) is 3. The Kier molecular flexibility index (Phi) is 2.73. The van der Waals surface area contributed by atoms with Gasteiger partial charge in [0.2, 0.25) is 11.8 Å². The molecule has 4 atom stereocenters. The Balaban J connectivity index is 1.62. The van der Waals surface area contributed by atoms with Crippen LogP contribution in [0.2, 0.25) is 0 Å². The lowest BCUT2D eigenvalue weighted by atomic mass is 9.85. The zero-order chi connectivity index (χ0) is 15.4. The van der Waals surface area contributed by atoms with Crippen LogP contribution in [-0.4, -0.2) is 22.9 Å². The SMILES string of the molecule is O=C(O)Cc1ccc(N2C(=O)C3C4C=CC(C4)C3C2=O)cc1. The van der Waals surface area contributed by atoms with Gasteiger partial charge in [0, 0.05) is 0 Å². The molecule has 1 aliphatic heterocycles. The Morgan fingerprint density at radius 3 is 2.09 bits per heavy atom. The zero-order valence-corrected chi connectivity index (χ0v) is 11.8. The Morgan fingerprint density at radius 2 is 1.59 bits per heavy atom. The molecular weight excluding hydrogens is 282 g/mol. The second-order valence-electron chi connectivity index (χ2n) is 6.25. The van der Waals surface area contributed by atoms with Gasteiger partial charge in [0.05, 0.1) is 23.9 Å². The summed E-state index contributed by atoms with van der Waals surface area (Å²) in [6.45, 7) is 0. The summed E-state index contributed by atoms with van der Waals surface area (Å²) in [6, 6.07) is 6.63. The van der Waals surface area contributed by atoms with Crippen LogP contribution in [0.1, 0.15) is 12.0 Å². The minimum absolute atomic E-state index is 0.0680. The van der Waals surface area contributed by atoms with Crippen molar-refractivity contribution in [3.63, 3.8) is 0 Å². The van der Waals surface area contributed by atoms with Crippen molar-refractivity contribution in [1.29, 1.82) is 0 Å². The molecule has 4 unspecified atom stereocenters. The van der Waals surface area contributed by atoms with Crippen molar-refractivity contribution in [3.05, 3.63) is 42.0 Å². The number of benzene rings is 1. The first-order valence-electron chi connectivity index (χ1n) is 7.43. The summed E-state index contributed by atoms with van der Waals surface area (Å²) in [5.74, 6) is -1.15. The van der Waals surface area contributed by atoms with Crippen molar-refractivity contribution in [2.45, 2.75) is 12.8 Å². The molecule has 1 saturated heterocycles. The summed E-state index contributed by atoms with van der Waals surface area (Å²) in [6.07, 6.45) is 4.98. The number of nitrogens with zero attached hydrogens (tertiary/aromatic N) is 1. The monoisotopic (exact) mass is 297 g/mol. The van der Waals surface area contributed by atoms with E-state index in [-0.39, 0.29) is 41.9 Å². The molecule has 1 saturated carbocycles. The van der Waals surface area contributed by atoms with Gasteiger partial charge < -0.3 is 5.11 Å². The number of anilines is 1. The van der Waals surface area contributed by atoms with E-state index in [0.717, 1.165) is 6.42 Å². The van der Waals surface area contributed by atoms with E-state index < -0.39 is 5.97 Å². The van der Waals surface area contributed by atoms with E-state index in [1.807, 2.05) is 0 Å². The van der Waals surface area contributed by atoms with Crippen molar-refractivity contribution < 1.29 is 19.5 Å². The van der Waals surface area contributed by atoms with E-state index in [2.05, 4.69) is 12.2 Å². The van der Waals surface area contributed by atoms with Gasteiger partial charge in [-0.25, -0.2) is 0 Å². The van der Waals surface area contributed by atoms with E-state index in [9.17, 15) is 14.4 Å². The molecule has 5 heteroatoms. The van der Waals surface area contributed by atoms with Crippen LogP contribution < -0.4 is 4.90 Å². The summed E-state index contributed by atoms with van der Waals surface area (Å²) in [5, 5.41) is 8.78. The summed E-state index contributed by atoms with van der Waals surface area (Å²) in [7, 11) is 0. The highest BCUT2D eigenvalue weighted by Crippen LogP contribution is 2.53. The van der Waals surface area contributed by atoms with Crippen LogP contribution in [0.15, 0.2) is 36.4 Å². The maximum absolute atomic E-state index is 12.6. The number of carboxylic acid groups (broad SMARTS) is 1. The molecule has 22 heavy (non-hydrogen) atoms. The number of imide groups is 1. The zero-order valence-electron chi connectivity index (χ0n) is 11.8. The van der Waals surface area contributed by atoms with Crippen LogP contribution in [0.5, 0.6) is 0 Å². The normalized spacial score (nSPS) is 31.9. The highest BCUT2D eigenvalue weighted by molar-refractivity contribution is 6.22. The van der Waals surface area contributed by atoms with Crippen LogP contribution >= 0.6 is 0 Å². The third-order valence-electron chi connectivity index (χ3n) is 5.02. The van der Waals surface area contributed by atoms with Crippen LogP contribution in [0.4, 0.5) is 5.69 Å². The minimum Gasteiger partial charge on any atom is -0.481 e. The first-order chi connectivity index (χ1) is 10.6. The summed E-state index contributed by atoms with van der Waals surface area (Å²) in [4.78, 5) is 37.2. The number of fused-ring (bicyclic) bond motifs is 5. The molecule has 1 heterocycles. The fraction of sp³-hybridized carbons (Fsp3) is 0.353. The third-order valence-corrected chi connectivity index (χ3v) is 5.02. The Morgan fingerprint density at radius 1 is 1.05 bits per heavy atom. The lowest BCUT2D eigenvalue weighted by Crippen LogP contribution is -2.32. The molecule has 0 radical (unpaired) electrons. The molecule has 3 aliphatic rings. The van der Waals surface area contributed by atoms with Gasteiger partial charge >= 0.3 is 5.97 Å². The van der Waals surface area contributed by atoms with Gasteiger partial charge in [-0.3, -0.25) is 19.3 Å². The predicted molar refractivity (Wildman–Crippen MR) is 78.0 cm³/mol. The summed E-state index contributed by atoms with van der Waals surface area (Å²) >= 11 is 0.